The molecule has 0 aromatic carbocycles. The number of rotatable bonds is 58. The van der Waals surface area contributed by atoms with Crippen LogP contribution in [0.3, 0.4) is 0 Å². The van der Waals surface area contributed by atoms with Gasteiger partial charge in [0.1, 0.15) is 13.2 Å². The third kappa shape index (κ3) is 65.7. The predicted molar refractivity (Wildman–Crippen MR) is 352 cm³/mol. The fourth-order valence-corrected chi connectivity index (χ4v) is 8.63. The van der Waals surface area contributed by atoms with Crippen LogP contribution < -0.4 is 0 Å². The molecule has 0 saturated carbocycles. The van der Waals surface area contributed by atoms with Gasteiger partial charge in [-0.25, -0.2) is 0 Å². The Hall–Kier alpha value is -4.97. The van der Waals surface area contributed by atoms with Gasteiger partial charge in [-0.2, -0.15) is 0 Å². The number of carbonyl (C=O) groups is 3. The Labute approximate surface area is 499 Å². The van der Waals surface area contributed by atoms with Crippen molar-refractivity contribution in [2.24, 2.45) is 0 Å². The molecule has 0 aliphatic carbocycles. The molecule has 6 heteroatoms. The SMILES string of the molecule is CC/C=C\C/C=C\C/C=C\C/C=C\C/C=C\C/C=C\C/C=C\CCCC(=O)OC(COC(=O)CCCCCCC/C=C\CCCCCC)COC(=O)CCCCCCCCCCCCC/C=C\C/C=C\C/C=C\C/C=C\C/C=C\CC. The van der Waals surface area contributed by atoms with Crippen molar-refractivity contribution in [1.82, 2.24) is 0 Å². The number of hydrogen-bond donors (Lipinski definition) is 0. The fraction of sp³-hybridized carbons (Fsp3) is 0.613. The Morgan fingerprint density at radius 2 is 0.494 bits per heavy atom. The van der Waals surface area contributed by atoms with Crippen LogP contribution in [0.5, 0.6) is 0 Å². The monoisotopic (exact) mass is 1120 g/mol. The van der Waals surface area contributed by atoms with Gasteiger partial charge in [0.05, 0.1) is 0 Å². The van der Waals surface area contributed by atoms with E-state index in [1.54, 1.807) is 0 Å². The fourth-order valence-electron chi connectivity index (χ4n) is 8.63. The summed E-state index contributed by atoms with van der Waals surface area (Å²) < 4.78 is 16.9. The van der Waals surface area contributed by atoms with Crippen molar-refractivity contribution in [3.63, 3.8) is 0 Å². The van der Waals surface area contributed by atoms with E-state index in [2.05, 4.69) is 179 Å². The number of allylic oxidation sites excluding steroid dienone is 26. The van der Waals surface area contributed by atoms with E-state index in [0.717, 1.165) is 135 Å². The van der Waals surface area contributed by atoms with Crippen molar-refractivity contribution in [3.8, 4) is 0 Å². The second-order valence-electron chi connectivity index (χ2n) is 21.3. The lowest BCUT2D eigenvalue weighted by atomic mass is 10.0. The maximum Gasteiger partial charge on any atom is 0.306 e. The highest BCUT2D eigenvalue weighted by molar-refractivity contribution is 5.71. The van der Waals surface area contributed by atoms with Crippen LogP contribution in [0.25, 0.3) is 0 Å². The molecule has 0 N–H and O–H groups in total. The highest BCUT2D eigenvalue weighted by atomic mass is 16.6. The normalized spacial score (nSPS) is 13.2. The molecule has 0 amide bonds. The van der Waals surface area contributed by atoms with Crippen LogP contribution in [0.15, 0.2) is 158 Å². The summed E-state index contributed by atoms with van der Waals surface area (Å²) in [5.41, 5.74) is 0. The van der Waals surface area contributed by atoms with Gasteiger partial charge >= 0.3 is 17.9 Å². The van der Waals surface area contributed by atoms with Crippen LogP contribution in [-0.2, 0) is 28.6 Å². The molecule has 0 aromatic rings. The highest BCUT2D eigenvalue weighted by Crippen LogP contribution is 2.15. The van der Waals surface area contributed by atoms with E-state index in [4.69, 9.17) is 14.2 Å². The van der Waals surface area contributed by atoms with Crippen molar-refractivity contribution >= 4 is 17.9 Å². The van der Waals surface area contributed by atoms with E-state index in [-0.39, 0.29) is 37.5 Å². The Morgan fingerprint density at radius 3 is 0.802 bits per heavy atom. The third-order valence-corrected chi connectivity index (χ3v) is 13.5. The minimum atomic E-state index is -0.822. The van der Waals surface area contributed by atoms with Gasteiger partial charge in [0.15, 0.2) is 6.10 Å². The van der Waals surface area contributed by atoms with Crippen LogP contribution in [0, 0.1) is 0 Å². The van der Waals surface area contributed by atoms with E-state index in [9.17, 15) is 14.4 Å². The molecule has 0 bridgehead atoms. The molecule has 0 rings (SSSR count). The molecule has 1 unspecified atom stereocenters. The zero-order chi connectivity index (χ0) is 58.5. The lowest BCUT2D eigenvalue weighted by Gasteiger charge is -2.18. The minimum Gasteiger partial charge on any atom is -0.462 e. The van der Waals surface area contributed by atoms with Gasteiger partial charge in [0.2, 0.25) is 0 Å². The molecule has 0 aliphatic rings. The van der Waals surface area contributed by atoms with Crippen molar-refractivity contribution < 1.29 is 28.6 Å². The van der Waals surface area contributed by atoms with Crippen molar-refractivity contribution in [2.45, 2.75) is 284 Å². The summed E-state index contributed by atoms with van der Waals surface area (Å²) in [7, 11) is 0. The van der Waals surface area contributed by atoms with Gasteiger partial charge in [-0.05, 0) is 141 Å². The summed E-state index contributed by atoms with van der Waals surface area (Å²) in [4.78, 5) is 38.3. The van der Waals surface area contributed by atoms with Gasteiger partial charge in [0.25, 0.3) is 0 Å². The molecule has 1 atom stereocenters. The number of esters is 3. The first kappa shape index (κ1) is 76.0. The second-order valence-corrected chi connectivity index (χ2v) is 21.3. The van der Waals surface area contributed by atoms with Crippen LogP contribution in [0.2, 0.25) is 0 Å². The van der Waals surface area contributed by atoms with Gasteiger partial charge in [-0.15, -0.1) is 0 Å². The van der Waals surface area contributed by atoms with Crippen molar-refractivity contribution in [2.75, 3.05) is 13.2 Å². The Balaban J connectivity index is 4.44. The lowest BCUT2D eigenvalue weighted by Crippen LogP contribution is -2.30. The van der Waals surface area contributed by atoms with Gasteiger partial charge in [-0.1, -0.05) is 275 Å². The van der Waals surface area contributed by atoms with E-state index in [1.807, 2.05) is 0 Å². The number of hydrogen-bond acceptors (Lipinski definition) is 6. The summed E-state index contributed by atoms with van der Waals surface area (Å²) in [6.45, 7) is 6.34. The largest absolute Gasteiger partial charge is 0.462 e. The minimum absolute atomic E-state index is 0.111. The number of unbranched alkanes of at least 4 members (excludes halogenated alkanes) is 21. The third-order valence-electron chi connectivity index (χ3n) is 13.5. The zero-order valence-corrected chi connectivity index (χ0v) is 52.2. The first-order valence-corrected chi connectivity index (χ1v) is 33.0. The Morgan fingerprint density at radius 1 is 0.259 bits per heavy atom. The van der Waals surface area contributed by atoms with Crippen molar-refractivity contribution in [3.05, 3.63) is 158 Å². The van der Waals surface area contributed by atoms with E-state index in [0.29, 0.717) is 19.3 Å². The molecule has 456 valence electrons. The van der Waals surface area contributed by atoms with E-state index >= 15 is 0 Å². The molecule has 0 aliphatic heterocycles. The quantitative estimate of drug-likeness (QED) is 0.0261. The van der Waals surface area contributed by atoms with Crippen LogP contribution >= 0.6 is 0 Å². The summed E-state index contributed by atoms with van der Waals surface area (Å²) in [5, 5.41) is 0. The lowest BCUT2D eigenvalue weighted by molar-refractivity contribution is -0.167. The highest BCUT2D eigenvalue weighted by Gasteiger charge is 2.19. The Kier molecular flexibility index (Phi) is 63.4. The first-order chi connectivity index (χ1) is 40.0. The summed E-state index contributed by atoms with van der Waals surface area (Å²) in [6, 6.07) is 0. The maximum absolute atomic E-state index is 12.9. The maximum atomic E-state index is 12.9. The molecule has 81 heavy (non-hydrogen) atoms. The Bertz CT molecular complexity index is 1810. The number of carbonyl (C=O) groups excluding carboxylic acids is 3. The van der Waals surface area contributed by atoms with Gasteiger partial charge in [-0.3, -0.25) is 14.4 Å². The van der Waals surface area contributed by atoms with Gasteiger partial charge < -0.3 is 14.2 Å². The molecule has 0 heterocycles. The predicted octanol–water partition coefficient (Wildman–Crippen LogP) is 22.9. The second kappa shape index (κ2) is 67.5. The molecule has 0 aromatic heterocycles. The van der Waals surface area contributed by atoms with E-state index < -0.39 is 6.10 Å². The molecule has 0 radical (unpaired) electrons. The average molecular weight is 1120 g/mol. The summed E-state index contributed by atoms with van der Waals surface area (Å²) in [5.74, 6) is -0.984. The molecular weight excluding hydrogens is 997 g/mol. The average Bonchev–Trinajstić information content (AvgIpc) is 3.46. The van der Waals surface area contributed by atoms with E-state index in [1.165, 1.54) is 96.3 Å². The molecule has 0 fully saturated rings. The van der Waals surface area contributed by atoms with Crippen molar-refractivity contribution in [1.29, 1.82) is 0 Å². The van der Waals surface area contributed by atoms with Crippen LogP contribution in [0.4, 0.5) is 0 Å². The molecule has 0 saturated heterocycles. The smallest absolute Gasteiger partial charge is 0.306 e. The van der Waals surface area contributed by atoms with Gasteiger partial charge in [0, 0.05) is 19.3 Å². The molecule has 0 spiro atoms. The van der Waals surface area contributed by atoms with Crippen LogP contribution in [0.1, 0.15) is 278 Å². The summed E-state index contributed by atoms with van der Waals surface area (Å²) in [6.07, 6.45) is 98.3. The molecular formula is C75H120O6. The first-order valence-electron chi connectivity index (χ1n) is 33.0. The summed E-state index contributed by atoms with van der Waals surface area (Å²) >= 11 is 0. The van der Waals surface area contributed by atoms with Crippen LogP contribution in [-0.4, -0.2) is 37.2 Å². The zero-order valence-electron chi connectivity index (χ0n) is 52.2. The molecule has 6 nitrogen and oxygen atoms in total. The standard InChI is InChI=1S/C75H120O6/c1-4-7-10-13-16-19-22-25-27-29-31-33-35-36-37-38-40-41-43-45-47-50-53-56-59-62-65-68-74(77)80-71-72(70-79-73(76)67-64-61-58-55-52-49-24-21-18-15-12-9-6-3)81-75(78)69-66-63-60-57-54-51-48-46-44-42-39-34-32-30-28-26-23-20-17-14-11-8-5-2/h7-8,10-11,16-17,19-21,24-28,31-34,36-37,42,44,48,51,57,60,72H,4-6,9,12-15,18,22-23,29-30,35,38-41,43,45-47,49-50,52-56,58-59,61-71H2,1-3H3/b10-7-,11-8-,19-16-,20-17-,24-21-,27-25-,28-26-,33-31-,34-32-,37-36-,44-42-,51-48-,60-57-. The topological polar surface area (TPSA) is 78.9 Å². The number of ether oxygens (including phenoxy) is 3.